The SMILES string of the molecule is CCCC1CCCCC1.CCCCCc1ccc(-c2ccc(C#N)cc2)cc1.FC(F)=C(F)CCOC1CCCCC1. The van der Waals surface area contributed by atoms with Gasteiger partial charge in [-0.15, -0.1) is 0 Å². The third kappa shape index (κ3) is 15.1. The molecule has 0 aliphatic heterocycles. The molecule has 0 spiro atoms. The summed E-state index contributed by atoms with van der Waals surface area (Å²) in [5, 5.41) is 8.79. The van der Waals surface area contributed by atoms with Crippen molar-refractivity contribution in [3.8, 4) is 17.2 Å². The van der Waals surface area contributed by atoms with E-state index in [0.29, 0.717) is 5.56 Å². The first-order valence-electron chi connectivity index (χ1n) is 16.4. The molecule has 2 aliphatic rings. The summed E-state index contributed by atoms with van der Waals surface area (Å²) in [5.41, 5.74) is 4.49. The third-order valence-electron chi connectivity index (χ3n) is 8.22. The molecule has 2 fully saturated rings. The van der Waals surface area contributed by atoms with E-state index in [1.54, 1.807) is 0 Å². The largest absolute Gasteiger partial charge is 0.378 e. The Bertz CT molecular complexity index is 1020. The predicted molar refractivity (Wildman–Crippen MR) is 169 cm³/mol. The summed E-state index contributed by atoms with van der Waals surface area (Å²) < 4.78 is 40.9. The number of unbranched alkanes of at least 4 members (excludes halogenated alkanes) is 2. The topological polar surface area (TPSA) is 33.0 Å². The molecule has 0 amide bonds. The van der Waals surface area contributed by atoms with Crippen LogP contribution in [0.5, 0.6) is 0 Å². The molecule has 5 heteroatoms. The Labute approximate surface area is 253 Å². The summed E-state index contributed by atoms with van der Waals surface area (Å²) in [4.78, 5) is 0. The molecule has 2 aromatic rings. The lowest BCUT2D eigenvalue weighted by atomic mass is 9.86. The van der Waals surface area contributed by atoms with E-state index >= 15 is 0 Å². The first kappa shape index (κ1) is 35.6. The van der Waals surface area contributed by atoms with Crippen LogP contribution in [0.1, 0.15) is 128 Å². The van der Waals surface area contributed by atoms with Crippen LogP contribution in [0.25, 0.3) is 11.1 Å². The van der Waals surface area contributed by atoms with E-state index in [1.165, 1.54) is 93.7 Å². The van der Waals surface area contributed by atoms with Crippen LogP contribution in [0.4, 0.5) is 13.2 Å². The smallest absolute Gasteiger partial charge is 0.301 e. The van der Waals surface area contributed by atoms with Crippen LogP contribution in [-0.2, 0) is 11.2 Å². The van der Waals surface area contributed by atoms with Gasteiger partial charge in [-0.05, 0) is 60.4 Å². The Kier molecular flexibility index (Phi) is 18.7. The summed E-state index contributed by atoms with van der Waals surface area (Å²) in [6.45, 7) is 4.59. The monoisotopic (exact) mass is 583 g/mol. The Morgan fingerprint density at radius 1 is 0.762 bits per heavy atom. The molecule has 0 saturated heterocycles. The molecule has 2 nitrogen and oxygen atoms in total. The number of ether oxygens (including phenoxy) is 1. The molecule has 42 heavy (non-hydrogen) atoms. The standard InChI is InChI=1S/C18H19N.C10H15F3O.C9H18/c1-2-3-4-5-15-6-10-17(11-7-15)18-12-8-16(14-19)9-13-18;11-9(10(12)13)6-7-14-8-4-2-1-3-5-8;1-2-6-9-7-4-3-5-8-9/h6-13H,2-5H2,1H3;8H,1-7H2;9H,2-8H2,1H3. The van der Waals surface area contributed by atoms with Crippen LogP contribution in [0, 0.1) is 17.2 Å². The zero-order valence-corrected chi connectivity index (χ0v) is 26.0. The summed E-state index contributed by atoms with van der Waals surface area (Å²) in [7, 11) is 0. The van der Waals surface area contributed by atoms with Crippen molar-refractivity contribution >= 4 is 0 Å². The van der Waals surface area contributed by atoms with Crippen molar-refractivity contribution in [2.75, 3.05) is 6.61 Å². The Hall–Kier alpha value is -2.58. The molecule has 0 bridgehead atoms. The molecule has 232 valence electrons. The second kappa shape index (κ2) is 22.0. The highest BCUT2D eigenvalue weighted by Gasteiger charge is 2.14. The van der Waals surface area contributed by atoms with Crippen molar-refractivity contribution in [1.82, 2.24) is 0 Å². The molecule has 2 saturated carbocycles. The van der Waals surface area contributed by atoms with Gasteiger partial charge in [0.25, 0.3) is 0 Å². The van der Waals surface area contributed by atoms with Crippen molar-refractivity contribution in [3.63, 3.8) is 0 Å². The fourth-order valence-corrected chi connectivity index (χ4v) is 5.71. The minimum absolute atomic E-state index is 0.0633. The van der Waals surface area contributed by atoms with Gasteiger partial charge in [0.15, 0.2) is 5.83 Å². The second-order valence-electron chi connectivity index (χ2n) is 11.7. The highest BCUT2D eigenvalue weighted by atomic mass is 19.3. The van der Waals surface area contributed by atoms with Crippen LogP contribution in [0.15, 0.2) is 60.4 Å². The minimum Gasteiger partial charge on any atom is -0.378 e. The summed E-state index contributed by atoms with van der Waals surface area (Å²) in [6.07, 6.45) is 18.5. The Morgan fingerprint density at radius 2 is 1.33 bits per heavy atom. The zero-order chi connectivity index (χ0) is 30.4. The number of nitrogens with zero attached hydrogens (tertiary/aromatic N) is 1. The number of halogens is 3. The van der Waals surface area contributed by atoms with Crippen molar-refractivity contribution in [1.29, 1.82) is 5.26 Å². The highest BCUT2D eigenvalue weighted by Crippen LogP contribution is 2.27. The molecule has 0 aromatic heterocycles. The van der Waals surface area contributed by atoms with Gasteiger partial charge in [-0.2, -0.15) is 14.0 Å². The van der Waals surface area contributed by atoms with Crippen LogP contribution < -0.4 is 0 Å². The van der Waals surface area contributed by atoms with E-state index in [1.807, 2.05) is 24.3 Å². The number of aryl methyl sites for hydroxylation is 1. The molecule has 0 N–H and O–H groups in total. The lowest BCUT2D eigenvalue weighted by Crippen LogP contribution is -2.17. The number of rotatable bonds is 11. The van der Waals surface area contributed by atoms with Gasteiger partial charge in [0.2, 0.25) is 0 Å². The van der Waals surface area contributed by atoms with Gasteiger partial charge < -0.3 is 4.74 Å². The van der Waals surface area contributed by atoms with Crippen LogP contribution in [0.3, 0.4) is 0 Å². The maximum absolute atomic E-state index is 12.3. The molecular weight excluding hydrogens is 531 g/mol. The van der Waals surface area contributed by atoms with Gasteiger partial charge in [-0.3, -0.25) is 0 Å². The van der Waals surface area contributed by atoms with Gasteiger partial charge >= 0.3 is 6.08 Å². The van der Waals surface area contributed by atoms with Gasteiger partial charge in [0.1, 0.15) is 0 Å². The van der Waals surface area contributed by atoms with E-state index < -0.39 is 11.9 Å². The fourth-order valence-electron chi connectivity index (χ4n) is 5.71. The highest BCUT2D eigenvalue weighted by molar-refractivity contribution is 5.64. The zero-order valence-electron chi connectivity index (χ0n) is 26.0. The molecular formula is C37H52F3NO. The van der Waals surface area contributed by atoms with E-state index in [9.17, 15) is 13.2 Å². The van der Waals surface area contributed by atoms with E-state index in [0.717, 1.165) is 31.6 Å². The first-order chi connectivity index (χ1) is 20.5. The number of hydrogen-bond acceptors (Lipinski definition) is 2. The molecule has 2 aromatic carbocycles. The van der Waals surface area contributed by atoms with Crippen molar-refractivity contribution in [3.05, 3.63) is 71.6 Å². The van der Waals surface area contributed by atoms with Gasteiger partial charge in [-0.1, -0.05) is 127 Å². The molecule has 4 rings (SSSR count). The van der Waals surface area contributed by atoms with Crippen LogP contribution in [-0.4, -0.2) is 12.7 Å². The lowest BCUT2D eigenvalue weighted by molar-refractivity contribution is 0.0279. The van der Waals surface area contributed by atoms with Crippen LogP contribution >= 0.6 is 0 Å². The van der Waals surface area contributed by atoms with Crippen molar-refractivity contribution in [2.24, 2.45) is 5.92 Å². The molecule has 0 radical (unpaired) electrons. The van der Waals surface area contributed by atoms with Crippen molar-refractivity contribution in [2.45, 2.75) is 129 Å². The predicted octanol–water partition coefficient (Wildman–Crippen LogP) is 12.1. The Morgan fingerprint density at radius 3 is 1.86 bits per heavy atom. The number of benzene rings is 2. The Balaban J connectivity index is 0.000000235. The fraction of sp³-hybridized carbons (Fsp3) is 0.595. The molecule has 0 atom stereocenters. The summed E-state index contributed by atoms with van der Waals surface area (Å²) in [6, 6.07) is 18.6. The molecule has 0 unspecified atom stereocenters. The lowest BCUT2D eigenvalue weighted by Gasteiger charge is -2.21. The van der Waals surface area contributed by atoms with Gasteiger partial charge in [0.05, 0.1) is 24.3 Å². The number of hydrogen-bond donors (Lipinski definition) is 0. The van der Waals surface area contributed by atoms with Crippen LogP contribution in [0.2, 0.25) is 0 Å². The normalized spacial score (nSPS) is 15.4. The van der Waals surface area contributed by atoms with E-state index in [2.05, 4.69) is 44.2 Å². The van der Waals surface area contributed by atoms with Crippen molar-refractivity contribution < 1.29 is 17.9 Å². The average molecular weight is 584 g/mol. The number of nitriles is 1. The second-order valence-corrected chi connectivity index (χ2v) is 11.7. The quantitative estimate of drug-likeness (QED) is 0.247. The molecule has 0 heterocycles. The summed E-state index contributed by atoms with van der Waals surface area (Å²) >= 11 is 0. The van der Waals surface area contributed by atoms with E-state index in [-0.39, 0.29) is 19.1 Å². The summed E-state index contributed by atoms with van der Waals surface area (Å²) in [5.74, 6) is -0.246. The van der Waals surface area contributed by atoms with Gasteiger partial charge in [0, 0.05) is 6.42 Å². The first-order valence-corrected chi connectivity index (χ1v) is 16.4. The molecule has 2 aliphatic carbocycles. The maximum atomic E-state index is 12.3. The van der Waals surface area contributed by atoms with Gasteiger partial charge in [-0.25, -0.2) is 4.39 Å². The third-order valence-corrected chi connectivity index (χ3v) is 8.22. The minimum atomic E-state index is -2.22. The maximum Gasteiger partial charge on any atom is 0.301 e. The average Bonchev–Trinajstić information content (AvgIpc) is 3.03. The van der Waals surface area contributed by atoms with E-state index in [4.69, 9.17) is 10.00 Å².